The van der Waals surface area contributed by atoms with Crippen LogP contribution >= 0.6 is 12.2 Å². The normalized spacial score (nSPS) is 10.7. The van der Waals surface area contributed by atoms with E-state index in [4.69, 9.17) is 21.4 Å². The van der Waals surface area contributed by atoms with E-state index in [1.54, 1.807) is 30.3 Å². The summed E-state index contributed by atoms with van der Waals surface area (Å²) < 4.78 is 11.1. The van der Waals surface area contributed by atoms with Crippen molar-refractivity contribution in [3.63, 3.8) is 0 Å². The Morgan fingerprint density at radius 1 is 0.795 bits per heavy atom. The van der Waals surface area contributed by atoms with E-state index >= 15 is 0 Å². The van der Waals surface area contributed by atoms with Gasteiger partial charge < -0.3 is 25.1 Å². The summed E-state index contributed by atoms with van der Waals surface area (Å²) in [7, 11) is 1.50. The molecule has 0 aliphatic rings. The molecule has 8 heteroatoms. The molecule has 1 aromatic heterocycles. The van der Waals surface area contributed by atoms with E-state index in [2.05, 4.69) is 16.0 Å². The summed E-state index contributed by atoms with van der Waals surface area (Å²) in [6.07, 6.45) is 0. The van der Waals surface area contributed by atoms with Crippen LogP contribution in [0, 0.1) is 0 Å². The lowest BCUT2D eigenvalue weighted by atomic mass is 9.90. The van der Waals surface area contributed by atoms with E-state index < -0.39 is 11.8 Å². The molecule has 3 N–H and O–H groups in total. The van der Waals surface area contributed by atoms with Crippen LogP contribution in [0.3, 0.4) is 0 Å². The zero-order valence-electron chi connectivity index (χ0n) is 21.0. The van der Waals surface area contributed by atoms with E-state index in [1.807, 2.05) is 78.9 Å². The number of thiocarbonyl (C=S) groups is 1. The number of hydrogen-bond acceptors (Lipinski definition) is 5. The summed E-state index contributed by atoms with van der Waals surface area (Å²) >= 11 is 5.44. The van der Waals surface area contributed by atoms with Crippen LogP contribution < -0.4 is 20.7 Å². The first-order valence-corrected chi connectivity index (χ1v) is 12.6. The molecule has 2 amide bonds. The largest absolute Gasteiger partial charge is 0.494 e. The second-order valence-corrected chi connectivity index (χ2v) is 9.12. The Kier molecular flexibility index (Phi) is 7.65. The number of fused-ring (bicyclic) bond motifs is 1. The van der Waals surface area contributed by atoms with Gasteiger partial charge in [0, 0.05) is 17.1 Å². The molecular weight excluding hydrogens is 510 g/mol. The molecule has 194 valence electrons. The number of hydrogen-bond donors (Lipinski definition) is 3. The van der Waals surface area contributed by atoms with Gasteiger partial charge in [0.05, 0.1) is 18.7 Å². The highest BCUT2D eigenvalue weighted by molar-refractivity contribution is 7.80. The molecule has 0 radical (unpaired) electrons. The number of methoxy groups -OCH3 is 1. The first kappa shape index (κ1) is 25.7. The Labute approximate surface area is 230 Å². The molecule has 5 aromatic rings. The molecule has 0 unspecified atom stereocenters. The third-order valence-electron chi connectivity index (χ3n) is 6.12. The molecule has 4 aromatic carbocycles. The van der Waals surface area contributed by atoms with Gasteiger partial charge in [-0.25, -0.2) is 0 Å². The molecule has 0 spiro atoms. The van der Waals surface area contributed by atoms with E-state index in [9.17, 15) is 9.59 Å². The fourth-order valence-electron chi connectivity index (χ4n) is 4.28. The average molecular weight is 536 g/mol. The molecule has 5 rings (SSSR count). The second-order valence-electron chi connectivity index (χ2n) is 8.72. The topological polar surface area (TPSA) is 92.6 Å². The van der Waals surface area contributed by atoms with Gasteiger partial charge in [0.25, 0.3) is 5.91 Å². The quantitative estimate of drug-likeness (QED) is 0.211. The van der Waals surface area contributed by atoms with Gasteiger partial charge in [0.1, 0.15) is 11.3 Å². The van der Waals surface area contributed by atoms with Gasteiger partial charge >= 0.3 is 0 Å². The molecule has 1 heterocycles. The number of nitrogens with one attached hydrogen (secondary N) is 3. The monoisotopic (exact) mass is 535 g/mol. The van der Waals surface area contributed by atoms with Crippen LogP contribution in [-0.4, -0.2) is 24.0 Å². The van der Waals surface area contributed by atoms with Gasteiger partial charge in [0.2, 0.25) is 5.91 Å². The van der Waals surface area contributed by atoms with E-state index in [0.717, 1.165) is 16.5 Å². The van der Waals surface area contributed by atoms with Crippen LogP contribution in [0.5, 0.6) is 5.75 Å². The maximum atomic E-state index is 13.3. The van der Waals surface area contributed by atoms with Crippen molar-refractivity contribution >= 4 is 51.5 Å². The molecule has 0 fully saturated rings. The summed E-state index contributed by atoms with van der Waals surface area (Å²) in [5.74, 6) is -0.592. The highest BCUT2D eigenvalue weighted by atomic mass is 32.1. The number of carbonyl (C=O) groups excluding carboxylic acids is 2. The smallest absolute Gasteiger partial charge is 0.291 e. The molecular formula is C31H25N3O4S. The minimum Gasteiger partial charge on any atom is -0.494 e. The van der Waals surface area contributed by atoms with Crippen LogP contribution in [0.2, 0.25) is 0 Å². The molecule has 0 aliphatic heterocycles. The van der Waals surface area contributed by atoms with Crippen molar-refractivity contribution in [1.82, 2.24) is 5.32 Å². The fraction of sp³-hybridized carbons (Fsp3) is 0.0645. The average Bonchev–Trinajstić information content (AvgIpc) is 3.40. The van der Waals surface area contributed by atoms with Gasteiger partial charge in [0.15, 0.2) is 10.9 Å². The number of rotatable bonds is 7. The molecule has 7 nitrogen and oxygen atoms in total. The van der Waals surface area contributed by atoms with Gasteiger partial charge in [-0.05, 0) is 47.6 Å². The maximum absolute atomic E-state index is 13.3. The van der Waals surface area contributed by atoms with E-state index in [0.29, 0.717) is 22.7 Å². The third-order valence-corrected chi connectivity index (χ3v) is 6.33. The van der Waals surface area contributed by atoms with Crippen molar-refractivity contribution in [3.05, 3.63) is 126 Å². The van der Waals surface area contributed by atoms with Gasteiger partial charge in [-0.3, -0.25) is 9.59 Å². The van der Waals surface area contributed by atoms with Crippen LogP contribution in [0.25, 0.3) is 11.0 Å². The predicted octanol–water partition coefficient (Wildman–Crippen LogP) is 6.34. The molecule has 39 heavy (non-hydrogen) atoms. The fourth-order valence-corrected chi connectivity index (χ4v) is 4.50. The second kappa shape index (κ2) is 11.6. The van der Waals surface area contributed by atoms with Crippen LogP contribution in [-0.2, 0) is 4.79 Å². The first-order chi connectivity index (χ1) is 19.0. The maximum Gasteiger partial charge on any atom is 0.291 e. The Morgan fingerprint density at radius 2 is 1.44 bits per heavy atom. The Balaban J connectivity index is 1.27. The Bertz CT molecular complexity index is 1560. The number of carbonyl (C=O) groups is 2. The number of anilines is 2. The lowest BCUT2D eigenvalue weighted by molar-refractivity contribution is -0.120. The van der Waals surface area contributed by atoms with Gasteiger partial charge in [-0.2, -0.15) is 0 Å². The Morgan fingerprint density at radius 3 is 2.08 bits per heavy atom. The van der Waals surface area contributed by atoms with Crippen LogP contribution in [0.4, 0.5) is 11.4 Å². The van der Waals surface area contributed by atoms with Crippen molar-refractivity contribution in [2.75, 3.05) is 17.7 Å². The highest BCUT2D eigenvalue weighted by Crippen LogP contribution is 2.30. The summed E-state index contributed by atoms with van der Waals surface area (Å²) in [6.45, 7) is 0. The molecule has 0 saturated heterocycles. The minimum atomic E-state index is -0.530. The van der Waals surface area contributed by atoms with Crippen molar-refractivity contribution < 1.29 is 18.7 Å². The van der Waals surface area contributed by atoms with Gasteiger partial charge in [-0.1, -0.05) is 78.9 Å². The molecule has 0 aliphatic carbocycles. The number of para-hydroxylation sites is 1. The minimum absolute atomic E-state index is 0.137. The van der Waals surface area contributed by atoms with E-state index in [-0.39, 0.29) is 16.8 Å². The van der Waals surface area contributed by atoms with Crippen molar-refractivity contribution in [1.29, 1.82) is 0 Å². The third kappa shape index (κ3) is 5.97. The summed E-state index contributed by atoms with van der Waals surface area (Å²) in [4.78, 5) is 26.1. The summed E-state index contributed by atoms with van der Waals surface area (Å²) in [5.41, 5.74) is 3.38. The zero-order valence-corrected chi connectivity index (χ0v) is 21.8. The number of furan rings is 1. The number of amides is 2. The predicted molar refractivity (Wildman–Crippen MR) is 156 cm³/mol. The van der Waals surface area contributed by atoms with Crippen molar-refractivity contribution in [3.8, 4) is 5.75 Å². The lowest BCUT2D eigenvalue weighted by Crippen LogP contribution is -2.37. The Hall–Kier alpha value is -4.95. The number of ether oxygens (including phenoxy) is 1. The van der Waals surface area contributed by atoms with Crippen molar-refractivity contribution in [2.24, 2.45) is 0 Å². The van der Waals surface area contributed by atoms with E-state index in [1.165, 1.54) is 7.11 Å². The SMILES string of the molecule is COc1cc(NC(=S)NC(=O)C(c2ccccc2)c2ccccc2)ccc1NC(=O)c1cc2ccccc2o1. The summed E-state index contributed by atoms with van der Waals surface area (Å²) in [6, 6.07) is 33.2. The molecule has 0 saturated carbocycles. The van der Waals surface area contributed by atoms with Gasteiger partial charge in [-0.15, -0.1) is 0 Å². The van der Waals surface area contributed by atoms with Crippen molar-refractivity contribution in [2.45, 2.75) is 5.92 Å². The lowest BCUT2D eigenvalue weighted by Gasteiger charge is -2.19. The standard InChI is InChI=1S/C31H25N3O4S/c1-37-26-19-23(16-17-24(26)33-29(35)27-18-22-14-8-9-15-25(22)38-27)32-31(39)34-30(36)28(20-10-4-2-5-11-20)21-12-6-3-7-13-21/h2-19,28H,1H3,(H,33,35)(H2,32,34,36,39). The first-order valence-electron chi connectivity index (χ1n) is 12.2. The zero-order chi connectivity index (χ0) is 27.2. The van der Waals surface area contributed by atoms with Crippen LogP contribution in [0.15, 0.2) is 114 Å². The number of benzene rings is 4. The highest BCUT2D eigenvalue weighted by Gasteiger charge is 2.23. The molecule has 0 bridgehead atoms. The van der Waals surface area contributed by atoms with Crippen LogP contribution in [0.1, 0.15) is 27.6 Å². The summed E-state index contributed by atoms with van der Waals surface area (Å²) in [5, 5.41) is 9.62. The molecule has 0 atom stereocenters.